The van der Waals surface area contributed by atoms with Crippen molar-refractivity contribution in [2.45, 2.75) is 0 Å². The van der Waals surface area contributed by atoms with E-state index in [1.807, 2.05) is 30.3 Å². The van der Waals surface area contributed by atoms with E-state index in [0.717, 1.165) is 27.8 Å². The summed E-state index contributed by atoms with van der Waals surface area (Å²) in [6.45, 7) is 0. The molecule has 0 radical (unpaired) electrons. The largest absolute Gasteiger partial charge is 0.472 e. The zero-order valence-electron chi connectivity index (χ0n) is 10.4. The molecule has 1 aromatic carbocycles. The minimum Gasteiger partial charge on any atom is -0.472 e. The lowest BCUT2D eigenvalue weighted by molar-refractivity contribution is -0.134. The van der Waals surface area contributed by atoms with Crippen LogP contribution in [-0.2, 0) is 9.53 Å². The van der Waals surface area contributed by atoms with Crippen molar-refractivity contribution in [1.82, 2.24) is 0 Å². The summed E-state index contributed by atoms with van der Waals surface area (Å²) in [5, 5.41) is 0. The van der Waals surface area contributed by atoms with Gasteiger partial charge in [-0.25, -0.2) is 4.79 Å². The van der Waals surface area contributed by atoms with E-state index >= 15 is 0 Å². The van der Waals surface area contributed by atoms with Gasteiger partial charge in [0.2, 0.25) is 0 Å². The normalized spacial score (nSPS) is 15.2. The fourth-order valence-corrected chi connectivity index (χ4v) is 2.24. The van der Waals surface area contributed by atoms with E-state index in [2.05, 4.69) is 6.08 Å². The van der Waals surface area contributed by atoms with Crippen molar-refractivity contribution in [1.29, 1.82) is 0 Å². The van der Waals surface area contributed by atoms with Crippen LogP contribution >= 0.6 is 0 Å². The highest BCUT2D eigenvalue weighted by Gasteiger charge is 2.21. The second-order valence-corrected chi connectivity index (χ2v) is 4.24. The monoisotopic (exact) mass is 252 g/mol. The summed E-state index contributed by atoms with van der Waals surface area (Å²) >= 11 is 0. The molecule has 2 aromatic rings. The van der Waals surface area contributed by atoms with Crippen molar-refractivity contribution in [3.63, 3.8) is 0 Å². The average Bonchev–Trinajstić information content (AvgIpc) is 3.06. The predicted octanol–water partition coefficient (Wildman–Crippen LogP) is 3.39. The van der Waals surface area contributed by atoms with Crippen LogP contribution in [0.3, 0.4) is 0 Å². The molecule has 0 unspecified atom stereocenters. The first-order valence-corrected chi connectivity index (χ1v) is 5.93. The topological polar surface area (TPSA) is 39.4 Å². The lowest BCUT2D eigenvalue weighted by Gasteiger charge is -2.05. The summed E-state index contributed by atoms with van der Waals surface area (Å²) in [5.41, 5.74) is 4.91. The van der Waals surface area contributed by atoms with Gasteiger partial charge in [-0.15, -0.1) is 0 Å². The molecule has 3 heteroatoms. The number of fused-ring (bicyclic) bond motifs is 1. The molecule has 94 valence electrons. The summed E-state index contributed by atoms with van der Waals surface area (Å²) < 4.78 is 9.85. The van der Waals surface area contributed by atoms with Crippen LogP contribution in [0.15, 0.2) is 53.4 Å². The molecule has 1 aliphatic rings. The maximum atomic E-state index is 11.5. The van der Waals surface area contributed by atoms with E-state index in [9.17, 15) is 4.79 Å². The summed E-state index contributed by atoms with van der Waals surface area (Å²) in [7, 11) is 1.38. The minimum absolute atomic E-state index is 0.360. The highest BCUT2D eigenvalue weighted by molar-refractivity contribution is 6.20. The number of esters is 1. The number of hydrogen-bond donors (Lipinski definition) is 0. The Morgan fingerprint density at radius 2 is 2.11 bits per heavy atom. The van der Waals surface area contributed by atoms with Gasteiger partial charge in [-0.2, -0.15) is 0 Å². The van der Waals surface area contributed by atoms with E-state index in [1.54, 1.807) is 12.5 Å². The zero-order valence-corrected chi connectivity index (χ0v) is 10.4. The van der Waals surface area contributed by atoms with Crippen molar-refractivity contribution in [2.75, 3.05) is 7.11 Å². The van der Waals surface area contributed by atoms with E-state index in [1.165, 1.54) is 13.2 Å². The average molecular weight is 252 g/mol. The van der Waals surface area contributed by atoms with E-state index in [0.29, 0.717) is 0 Å². The molecule has 1 aliphatic carbocycles. The van der Waals surface area contributed by atoms with Crippen LogP contribution in [0.4, 0.5) is 0 Å². The van der Waals surface area contributed by atoms with Gasteiger partial charge in [0.05, 0.1) is 19.6 Å². The van der Waals surface area contributed by atoms with Gasteiger partial charge in [0.15, 0.2) is 0 Å². The van der Waals surface area contributed by atoms with Crippen LogP contribution in [0.5, 0.6) is 0 Å². The molecule has 0 amide bonds. The third kappa shape index (κ3) is 1.99. The first-order chi connectivity index (χ1) is 9.29. The quantitative estimate of drug-likeness (QED) is 0.607. The molecule has 3 rings (SSSR count). The van der Waals surface area contributed by atoms with Crippen LogP contribution < -0.4 is 0 Å². The molecule has 0 fully saturated rings. The van der Waals surface area contributed by atoms with Gasteiger partial charge in [-0.1, -0.05) is 24.3 Å². The second kappa shape index (κ2) is 4.61. The fourth-order valence-electron chi connectivity index (χ4n) is 2.24. The lowest BCUT2D eigenvalue weighted by Crippen LogP contribution is -1.97. The Bertz CT molecular complexity index is 676. The smallest absolute Gasteiger partial charge is 0.331 e. The second-order valence-electron chi connectivity index (χ2n) is 4.24. The summed E-state index contributed by atoms with van der Waals surface area (Å²) in [6, 6.07) is 9.82. The van der Waals surface area contributed by atoms with Gasteiger partial charge in [0.1, 0.15) is 0 Å². The molecule has 0 saturated carbocycles. The van der Waals surface area contributed by atoms with Gasteiger partial charge in [0.25, 0.3) is 0 Å². The van der Waals surface area contributed by atoms with E-state index in [4.69, 9.17) is 9.15 Å². The number of carbonyl (C=O) groups excluding carboxylic acids is 1. The molecule has 19 heavy (non-hydrogen) atoms. The maximum Gasteiger partial charge on any atom is 0.331 e. The van der Waals surface area contributed by atoms with Crippen LogP contribution in [0, 0.1) is 0 Å². The fraction of sp³-hybridized carbons (Fsp3) is 0.0625. The predicted molar refractivity (Wildman–Crippen MR) is 73.0 cm³/mol. The van der Waals surface area contributed by atoms with Crippen LogP contribution in [0.2, 0.25) is 0 Å². The molecular weight excluding hydrogens is 240 g/mol. The number of methoxy groups -OCH3 is 1. The molecular formula is C16H12O3. The summed E-state index contributed by atoms with van der Waals surface area (Å²) in [6.07, 6.45) is 6.86. The molecule has 0 atom stereocenters. The third-order valence-corrected chi connectivity index (χ3v) is 3.14. The molecule has 0 bridgehead atoms. The summed E-state index contributed by atoms with van der Waals surface area (Å²) in [5.74, 6) is -0.360. The molecule has 0 aliphatic heterocycles. The number of ether oxygens (including phenoxy) is 1. The Kier molecular flexibility index (Phi) is 2.80. The van der Waals surface area contributed by atoms with Gasteiger partial charge in [-0.3, -0.25) is 0 Å². The number of rotatable bonds is 2. The van der Waals surface area contributed by atoms with Gasteiger partial charge >= 0.3 is 5.97 Å². The standard InChI is InChI=1S/C16H12O3/c1-18-16(17)9-15-13-5-3-2-4-11(13)8-14(15)12-6-7-19-10-12/h2-10H,1H3/b15-9-. The van der Waals surface area contributed by atoms with Gasteiger partial charge < -0.3 is 9.15 Å². The first kappa shape index (κ1) is 11.5. The summed E-state index contributed by atoms with van der Waals surface area (Å²) in [4.78, 5) is 11.5. The van der Waals surface area contributed by atoms with Gasteiger partial charge in [-0.05, 0) is 34.4 Å². The number of hydrogen-bond acceptors (Lipinski definition) is 3. The van der Waals surface area contributed by atoms with E-state index < -0.39 is 0 Å². The Hall–Kier alpha value is -2.55. The highest BCUT2D eigenvalue weighted by atomic mass is 16.5. The van der Waals surface area contributed by atoms with Crippen molar-refractivity contribution >= 4 is 23.2 Å². The zero-order chi connectivity index (χ0) is 13.2. The lowest BCUT2D eigenvalue weighted by atomic mass is 9.99. The molecule has 1 heterocycles. The van der Waals surface area contributed by atoms with Crippen LogP contribution in [0.1, 0.15) is 16.7 Å². The Morgan fingerprint density at radius 1 is 1.26 bits per heavy atom. The molecule has 3 nitrogen and oxygen atoms in total. The molecule has 0 saturated heterocycles. The third-order valence-electron chi connectivity index (χ3n) is 3.14. The molecule has 1 aromatic heterocycles. The van der Waals surface area contributed by atoms with Crippen molar-refractivity contribution in [3.8, 4) is 0 Å². The Balaban J connectivity index is 2.15. The van der Waals surface area contributed by atoms with E-state index in [-0.39, 0.29) is 5.97 Å². The van der Waals surface area contributed by atoms with Crippen molar-refractivity contribution in [3.05, 3.63) is 65.6 Å². The SMILES string of the molecule is COC(=O)/C=C1\C(c2ccoc2)=Cc2ccccc21. The minimum atomic E-state index is -0.360. The van der Waals surface area contributed by atoms with Crippen molar-refractivity contribution in [2.24, 2.45) is 0 Å². The number of benzene rings is 1. The number of carbonyl (C=O) groups is 1. The van der Waals surface area contributed by atoms with Gasteiger partial charge in [0, 0.05) is 11.6 Å². The van der Waals surface area contributed by atoms with Crippen molar-refractivity contribution < 1.29 is 13.9 Å². The number of allylic oxidation sites excluding steroid dienone is 2. The highest BCUT2D eigenvalue weighted by Crippen LogP contribution is 2.41. The molecule has 0 N–H and O–H groups in total. The first-order valence-electron chi connectivity index (χ1n) is 5.93. The Morgan fingerprint density at radius 3 is 2.84 bits per heavy atom. The van der Waals surface area contributed by atoms with Crippen LogP contribution in [-0.4, -0.2) is 13.1 Å². The Labute approximate surface area is 110 Å². The number of furan rings is 1. The molecule has 0 spiro atoms. The van der Waals surface area contributed by atoms with Crippen LogP contribution in [0.25, 0.3) is 17.2 Å². The maximum absolute atomic E-state index is 11.5.